The molecule has 0 bridgehead atoms. The van der Waals surface area contributed by atoms with Crippen LogP contribution < -0.4 is 4.74 Å². The maximum Gasteiger partial charge on any atom is 0.202 e. The van der Waals surface area contributed by atoms with E-state index in [4.69, 9.17) is 9.47 Å². The fourth-order valence-electron chi connectivity index (χ4n) is 4.79. The van der Waals surface area contributed by atoms with Gasteiger partial charge in [-0.25, -0.2) is 0 Å². The van der Waals surface area contributed by atoms with Gasteiger partial charge in [-0.1, -0.05) is 60.7 Å². The molecule has 5 aromatic rings. The Morgan fingerprint density at radius 1 is 0.793 bits per heavy atom. The Balaban J connectivity index is 1.59. The zero-order chi connectivity index (χ0) is 19.5. The predicted molar refractivity (Wildman–Crippen MR) is 115 cm³/mol. The zero-order valence-corrected chi connectivity index (χ0v) is 15.7. The van der Waals surface area contributed by atoms with Gasteiger partial charge in [0, 0.05) is 17.2 Å². The van der Waals surface area contributed by atoms with Crippen molar-refractivity contribution in [1.29, 1.82) is 0 Å². The van der Waals surface area contributed by atoms with E-state index >= 15 is 0 Å². The van der Waals surface area contributed by atoms with Gasteiger partial charge in [-0.3, -0.25) is 0 Å². The molecule has 1 unspecified atom stereocenters. The molecule has 1 fully saturated rings. The van der Waals surface area contributed by atoms with Crippen molar-refractivity contribution in [3.05, 3.63) is 66.7 Å². The number of hydrogen-bond acceptors (Lipinski definition) is 4. The molecular formula is C25H20O4. The summed E-state index contributed by atoms with van der Waals surface area (Å²) in [7, 11) is 0. The summed E-state index contributed by atoms with van der Waals surface area (Å²) in [5.74, 6) is 0.730. The number of benzene rings is 5. The van der Waals surface area contributed by atoms with Gasteiger partial charge in [0.1, 0.15) is 11.9 Å². The standard InChI is InChI=1S/C25H20O4/c26-13-22-20(27)12-23(29-22)28-21-11-10-18-16-7-2-5-14-4-1-6-15(24(14)16)17-8-3-9-19(21)25(17)18/h1-11,20,22-23,26-27H,12-13H2/t20?,22-,23-/m1/s1. The Bertz CT molecular complexity index is 1310. The molecule has 3 atom stereocenters. The van der Waals surface area contributed by atoms with E-state index in [0.717, 1.165) is 11.1 Å². The molecule has 0 spiro atoms. The van der Waals surface area contributed by atoms with Gasteiger partial charge in [0.2, 0.25) is 6.29 Å². The second kappa shape index (κ2) is 6.29. The molecule has 0 amide bonds. The topological polar surface area (TPSA) is 58.9 Å². The number of ether oxygens (including phenoxy) is 2. The van der Waals surface area contributed by atoms with Crippen molar-refractivity contribution >= 4 is 43.1 Å². The van der Waals surface area contributed by atoms with Crippen molar-refractivity contribution in [3.8, 4) is 5.75 Å². The molecular weight excluding hydrogens is 364 g/mol. The predicted octanol–water partition coefficient (Wildman–Crippen LogP) is 4.58. The Labute approximate surface area is 167 Å². The van der Waals surface area contributed by atoms with Crippen LogP contribution in [0, 0.1) is 0 Å². The summed E-state index contributed by atoms with van der Waals surface area (Å²) < 4.78 is 11.8. The lowest BCUT2D eigenvalue weighted by atomic mass is 9.90. The van der Waals surface area contributed by atoms with Gasteiger partial charge in [-0.05, 0) is 38.4 Å². The van der Waals surface area contributed by atoms with Gasteiger partial charge < -0.3 is 19.7 Å². The SMILES string of the molecule is OC[C@H]1O[C@@H](Oc2ccc3c4cccc5cccc(c6cccc2c63)c54)CC1O. The molecule has 144 valence electrons. The molecule has 0 aromatic heterocycles. The van der Waals surface area contributed by atoms with Crippen molar-refractivity contribution in [1.82, 2.24) is 0 Å². The second-order valence-corrected chi connectivity index (χ2v) is 7.76. The summed E-state index contributed by atoms with van der Waals surface area (Å²) in [6, 6.07) is 23.3. The van der Waals surface area contributed by atoms with Gasteiger partial charge in [0.25, 0.3) is 0 Å². The molecule has 1 heterocycles. The van der Waals surface area contributed by atoms with E-state index in [2.05, 4.69) is 60.7 Å². The number of aliphatic hydroxyl groups excluding tert-OH is 2. The molecule has 1 saturated heterocycles. The smallest absolute Gasteiger partial charge is 0.202 e. The Morgan fingerprint density at radius 3 is 2.10 bits per heavy atom. The fraction of sp³-hybridized carbons (Fsp3) is 0.200. The number of aliphatic hydroxyl groups is 2. The van der Waals surface area contributed by atoms with Gasteiger partial charge in [-0.15, -0.1) is 0 Å². The minimum absolute atomic E-state index is 0.217. The highest BCUT2D eigenvalue weighted by Gasteiger charge is 2.35. The van der Waals surface area contributed by atoms with Gasteiger partial charge >= 0.3 is 0 Å². The Hall–Kier alpha value is -2.92. The fourth-order valence-corrected chi connectivity index (χ4v) is 4.79. The first-order valence-corrected chi connectivity index (χ1v) is 9.94. The van der Waals surface area contributed by atoms with E-state index in [1.54, 1.807) is 0 Å². The minimum atomic E-state index is -0.713. The molecule has 0 aliphatic carbocycles. The third-order valence-electron chi connectivity index (χ3n) is 6.11. The maximum absolute atomic E-state index is 10.0. The first-order valence-electron chi connectivity index (χ1n) is 9.94. The highest BCUT2D eigenvalue weighted by atomic mass is 16.7. The van der Waals surface area contributed by atoms with Crippen molar-refractivity contribution in [3.63, 3.8) is 0 Å². The highest BCUT2D eigenvalue weighted by Crippen LogP contribution is 2.43. The van der Waals surface area contributed by atoms with Crippen molar-refractivity contribution < 1.29 is 19.7 Å². The second-order valence-electron chi connectivity index (χ2n) is 7.76. The summed E-state index contributed by atoms with van der Waals surface area (Å²) in [6.45, 7) is -0.217. The van der Waals surface area contributed by atoms with E-state index < -0.39 is 18.5 Å². The van der Waals surface area contributed by atoms with E-state index in [1.807, 2.05) is 6.07 Å². The van der Waals surface area contributed by atoms with E-state index in [1.165, 1.54) is 37.7 Å². The molecule has 4 nitrogen and oxygen atoms in total. The molecule has 5 aromatic carbocycles. The summed E-state index contributed by atoms with van der Waals surface area (Å²) >= 11 is 0. The number of hydrogen-bond donors (Lipinski definition) is 2. The van der Waals surface area contributed by atoms with Crippen LogP contribution >= 0.6 is 0 Å². The van der Waals surface area contributed by atoms with Crippen molar-refractivity contribution in [2.45, 2.75) is 24.9 Å². The van der Waals surface area contributed by atoms with E-state index in [9.17, 15) is 10.2 Å². The Kier molecular flexibility index (Phi) is 3.68. The average Bonchev–Trinajstić information content (AvgIpc) is 3.11. The van der Waals surface area contributed by atoms with Gasteiger partial charge in [0.15, 0.2) is 0 Å². The highest BCUT2D eigenvalue weighted by molar-refractivity contribution is 6.33. The van der Waals surface area contributed by atoms with Crippen molar-refractivity contribution in [2.75, 3.05) is 6.61 Å². The first kappa shape index (κ1) is 17.0. The maximum atomic E-state index is 10.0. The Morgan fingerprint density at radius 2 is 1.41 bits per heavy atom. The zero-order valence-electron chi connectivity index (χ0n) is 15.7. The molecule has 0 saturated carbocycles. The molecule has 29 heavy (non-hydrogen) atoms. The third kappa shape index (κ3) is 2.43. The molecule has 6 rings (SSSR count). The first-order chi connectivity index (χ1) is 14.2. The number of fused-ring (bicyclic) bond motifs is 2. The van der Waals surface area contributed by atoms with Gasteiger partial charge in [-0.2, -0.15) is 0 Å². The lowest BCUT2D eigenvalue weighted by Crippen LogP contribution is -2.24. The van der Waals surface area contributed by atoms with Crippen LogP contribution in [0.25, 0.3) is 43.1 Å². The summed E-state index contributed by atoms with van der Waals surface area (Å²) in [5.41, 5.74) is 0. The van der Waals surface area contributed by atoms with Crippen molar-refractivity contribution in [2.24, 2.45) is 0 Å². The summed E-state index contributed by atoms with van der Waals surface area (Å²) in [5, 5.41) is 29.0. The van der Waals surface area contributed by atoms with Crippen LogP contribution in [-0.4, -0.2) is 35.3 Å². The van der Waals surface area contributed by atoms with Crippen LogP contribution in [0.15, 0.2) is 66.7 Å². The van der Waals surface area contributed by atoms with E-state index in [0.29, 0.717) is 6.42 Å². The molecule has 4 heteroatoms. The molecule has 1 aliphatic heterocycles. The van der Waals surface area contributed by atoms with Crippen LogP contribution in [0.3, 0.4) is 0 Å². The lowest BCUT2D eigenvalue weighted by molar-refractivity contribution is -0.0926. The van der Waals surface area contributed by atoms with Crippen LogP contribution in [0.5, 0.6) is 5.75 Å². The minimum Gasteiger partial charge on any atom is -0.464 e. The average molecular weight is 384 g/mol. The lowest BCUT2D eigenvalue weighted by Gasteiger charge is -2.19. The molecule has 2 N–H and O–H groups in total. The molecule has 1 aliphatic rings. The van der Waals surface area contributed by atoms with Crippen LogP contribution in [0.2, 0.25) is 0 Å². The number of rotatable bonds is 3. The molecule has 0 radical (unpaired) electrons. The normalized spacial score (nSPS) is 22.3. The largest absolute Gasteiger partial charge is 0.464 e. The van der Waals surface area contributed by atoms with Crippen LogP contribution in [-0.2, 0) is 4.74 Å². The quantitative estimate of drug-likeness (QED) is 0.353. The van der Waals surface area contributed by atoms with E-state index in [-0.39, 0.29) is 6.61 Å². The van der Waals surface area contributed by atoms with Crippen LogP contribution in [0.1, 0.15) is 6.42 Å². The third-order valence-corrected chi connectivity index (χ3v) is 6.11. The monoisotopic (exact) mass is 384 g/mol. The van der Waals surface area contributed by atoms with Gasteiger partial charge in [0.05, 0.1) is 12.7 Å². The van der Waals surface area contributed by atoms with Crippen LogP contribution in [0.4, 0.5) is 0 Å². The summed E-state index contributed by atoms with van der Waals surface area (Å²) in [6.07, 6.45) is -1.53. The summed E-state index contributed by atoms with van der Waals surface area (Å²) in [4.78, 5) is 0.